The van der Waals surface area contributed by atoms with E-state index in [1.54, 1.807) is 19.1 Å². The van der Waals surface area contributed by atoms with Crippen molar-refractivity contribution in [2.75, 3.05) is 6.61 Å². The molecule has 1 aromatic rings. The minimum absolute atomic E-state index is 0.0299. The molecule has 0 bridgehead atoms. The molecule has 0 aliphatic carbocycles. The van der Waals surface area contributed by atoms with Gasteiger partial charge in [-0.3, -0.25) is 0 Å². The van der Waals surface area contributed by atoms with E-state index in [1.165, 1.54) is 12.1 Å². The Morgan fingerprint density at radius 2 is 1.86 bits per heavy atom. The molecule has 0 aromatic heterocycles. The second kappa shape index (κ2) is 6.39. The first-order chi connectivity index (χ1) is 9.81. The van der Waals surface area contributed by atoms with Crippen LogP contribution in [0.2, 0.25) is 0 Å². The molecule has 1 heterocycles. The Balaban J connectivity index is 2.00. The van der Waals surface area contributed by atoms with Gasteiger partial charge < -0.3 is 14.9 Å². The molecule has 8 heteroatoms. The number of hydrogen-bond acceptors (Lipinski definition) is 6. The van der Waals surface area contributed by atoms with Gasteiger partial charge >= 0.3 is 0 Å². The average Bonchev–Trinajstić information content (AvgIpc) is 2.44. The zero-order valence-electron chi connectivity index (χ0n) is 11.9. The van der Waals surface area contributed by atoms with Gasteiger partial charge in [0.1, 0.15) is 6.23 Å². The smallest absolute Gasteiger partial charge is 0.253 e. The molecule has 2 unspecified atom stereocenters. The van der Waals surface area contributed by atoms with Crippen molar-refractivity contribution in [3.8, 4) is 0 Å². The van der Waals surface area contributed by atoms with Gasteiger partial charge in [0.2, 0.25) is 0 Å². The van der Waals surface area contributed by atoms with Crippen molar-refractivity contribution in [3.63, 3.8) is 0 Å². The standard InChI is InChI=1S/C13H20N2O5S/c1-8-3-5-10(6-4-8)21(18,19)15-14-13-12(17)9(2)11(16)7-20-13/h3-6,9,11-17H,7H2,1-2H3/t9?,11-,12?,13-/m1/s1. The van der Waals surface area contributed by atoms with Crippen molar-refractivity contribution in [1.29, 1.82) is 0 Å². The molecule has 0 radical (unpaired) electrons. The molecule has 1 aliphatic heterocycles. The number of nitrogens with one attached hydrogen (secondary N) is 2. The summed E-state index contributed by atoms with van der Waals surface area (Å²) in [7, 11) is -3.75. The molecular formula is C13H20N2O5S. The maximum absolute atomic E-state index is 12.1. The molecule has 0 spiro atoms. The van der Waals surface area contributed by atoms with Crippen LogP contribution in [0.1, 0.15) is 12.5 Å². The second-order valence-electron chi connectivity index (χ2n) is 5.23. The predicted octanol–water partition coefficient (Wildman–Crippen LogP) is -0.508. The summed E-state index contributed by atoms with van der Waals surface area (Å²) in [5.74, 6) is -0.417. The first kappa shape index (κ1) is 16.3. The molecule has 0 saturated carbocycles. The molecule has 4 N–H and O–H groups in total. The summed E-state index contributed by atoms with van der Waals surface area (Å²) >= 11 is 0. The fraction of sp³-hybridized carbons (Fsp3) is 0.538. The van der Waals surface area contributed by atoms with Crippen molar-refractivity contribution < 1.29 is 23.4 Å². The average molecular weight is 316 g/mol. The van der Waals surface area contributed by atoms with Crippen molar-refractivity contribution in [2.45, 2.75) is 37.2 Å². The SMILES string of the molecule is Cc1ccc(S(=O)(=O)NN[C@@H]2OC[C@@H](O)C(C)C2O)cc1. The number of benzene rings is 1. The summed E-state index contributed by atoms with van der Waals surface area (Å²) in [6.45, 7) is 3.56. The lowest BCUT2D eigenvalue weighted by Crippen LogP contribution is -2.58. The van der Waals surface area contributed by atoms with Gasteiger partial charge in [0.05, 0.1) is 23.7 Å². The number of sulfonamides is 1. The Hall–Kier alpha value is -1.03. The molecule has 1 aromatic carbocycles. The number of hydrazine groups is 1. The number of hydrogen-bond donors (Lipinski definition) is 4. The molecule has 0 amide bonds. The van der Waals surface area contributed by atoms with Gasteiger partial charge in [0, 0.05) is 5.92 Å². The van der Waals surface area contributed by atoms with Crippen molar-refractivity contribution in [1.82, 2.24) is 10.3 Å². The van der Waals surface area contributed by atoms with E-state index < -0.39 is 34.4 Å². The van der Waals surface area contributed by atoms with Gasteiger partial charge in [-0.2, -0.15) is 0 Å². The summed E-state index contributed by atoms with van der Waals surface area (Å²) in [5.41, 5.74) is 3.41. The minimum Gasteiger partial charge on any atom is -0.390 e. The normalized spacial score (nSPS) is 30.3. The molecule has 1 aliphatic rings. The van der Waals surface area contributed by atoms with Crippen LogP contribution in [0.15, 0.2) is 29.2 Å². The highest BCUT2D eigenvalue weighted by Gasteiger charge is 2.36. The molecule has 1 fully saturated rings. The second-order valence-corrected chi connectivity index (χ2v) is 6.92. The van der Waals surface area contributed by atoms with E-state index in [0.29, 0.717) is 0 Å². The Labute approximate surface area is 124 Å². The van der Waals surface area contributed by atoms with E-state index in [0.717, 1.165) is 5.56 Å². The largest absolute Gasteiger partial charge is 0.390 e. The van der Waals surface area contributed by atoms with E-state index >= 15 is 0 Å². The lowest BCUT2D eigenvalue weighted by molar-refractivity contribution is -0.166. The van der Waals surface area contributed by atoms with E-state index in [1.807, 2.05) is 6.92 Å². The summed E-state index contributed by atoms with van der Waals surface area (Å²) in [5, 5.41) is 19.5. The zero-order chi connectivity index (χ0) is 15.6. The van der Waals surface area contributed by atoms with Crippen molar-refractivity contribution in [3.05, 3.63) is 29.8 Å². The molecule has 2 rings (SSSR count). The van der Waals surface area contributed by atoms with Crippen molar-refractivity contribution >= 4 is 10.0 Å². The van der Waals surface area contributed by atoms with Crippen LogP contribution >= 0.6 is 0 Å². The first-order valence-corrected chi connectivity index (χ1v) is 8.11. The summed E-state index contributed by atoms with van der Waals surface area (Å²) in [4.78, 5) is 2.30. The molecule has 21 heavy (non-hydrogen) atoms. The topological polar surface area (TPSA) is 108 Å². The van der Waals surface area contributed by atoms with E-state index in [-0.39, 0.29) is 11.5 Å². The van der Waals surface area contributed by atoms with Gasteiger partial charge in [-0.25, -0.2) is 13.8 Å². The third kappa shape index (κ3) is 3.79. The highest BCUT2D eigenvalue weighted by molar-refractivity contribution is 7.89. The summed E-state index contributed by atoms with van der Waals surface area (Å²) < 4.78 is 29.3. The third-order valence-corrected chi connectivity index (χ3v) is 4.85. The quantitative estimate of drug-likeness (QED) is 0.557. The van der Waals surface area contributed by atoms with E-state index in [9.17, 15) is 18.6 Å². The van der Waals surface area contributed by atoms with Crippen LogP contribution < -0.4 is 10.3 Å². The molecule has 118 valence electrons. The minimum atomic E-state index is -3.75. The molecular weight excluding hydrogens is 296 g/mol. The fourth-order valence-corrected chi connectivity index (χ4v) is 2.88. The number of aryl methyl sites for hydroxylation is 1. The predicted molar refractivity (Wildman–Crippen MR) is 75.6 cm³/mol. The van der Waals surface area contributed by atoms with Crippen LogP contribution in [0.3, 0.4) is 0 Å². The van der Waals surface area contributed by atoms with Crippen LogP contribution in [-0.2, 0) is 14.8 Å². The third-order valence-electron chi connectivity index (χ3n) is 3.57. The first-order valence-electron chi connectivity index (χ1n) is 6.63. The molecule has 7 nitrogen and oxygen atoms in total. The van der Waals surface area contributed by atoms with Crippen LogP contribution in [-0.4, -0.2) is 43.7 Å². The summed E-state index contributed by atoms with van der Waals surface area (Å²) in [6.07, 6.45) is -2.70. The zero-order valence-corrected chi connectivity index (χ0v) is 12.7. The van der Waals surface area contributed by atoms with Crippen LogP contribution in [0, 0.1) is 12.8 Å². The number of aliphatic hydroxyl groups excluding tert-OH is 2. The van der Waals surface area contributed by atoms with E-state index in [2.05, 4.69) is 10.3 Å². The van der Waals surface area contributed by atoms with Gasteiger partial charge in [0.15, 0.2) is 0 Å². The number of aliphatic hydroxyl groups is 2. The molecule has 4 atom stereocenters. The maximum Gasteiger partial charge on any atom is 0.253 e. The van der Waals surface area contributed by atoms with Crippen LogP contribution in [0.25, 0.3) is 0 Å². The fourth-order valence-electron chi connectivity index (χ4n) is 1.99. The Morgan fingerprint density at radius 1 is 1.24 bits per heavy atom. The van der Waals surface area contributed by atoms with Gasteiger partial charge in [0.25, 0.3) is 10.0 Å². The monoisotopic (exact) mass is 316 g/mol. The van der Waals surface area contributed by atoms with Crippen molar-refractivity contribution in [2.24, 2.45) is 5.92 Å². The van der Waals surface area contributed by atoms with Gasteiger partial charge in [-0.1, -0.05) is 24.6 Å². The lowest BCUT2D eigenvalue weighted by Gasteiger charge is -2.36. The lowest BCUT2D eigenvalue weighted by atomic mass is 9.95. The highest BCUT2D eigenvalue weighted by Crippen LogP contribution is 2.19. The van der Waals surface area contributed by atoms with Crippen LogP contribution in [0.4, 0.5) is 0 Å². The van der Waals surface area contributed by atoms with E-state index in [4.69, 9.17) is 4.74 Å². The molecule has 1 saturated heterocycles. The highest BCUT2D eigenvalue weighted by atomic mass is 32.2. The van der Waals surface area contributed by atoms with Crippen LogP contribution in [0.5, 0.6) is 0 Å². The number of rotatable bonds is 4. The Bertz CT molecular complexity index is 575. The van der Waals surface area contributed by atoms with Gasteiger partial charge in [-0.15, -0.1) is 4.83 Å². The Kier molecular flexibility index (Phi) is 4.97. The Morgan fingerprint density at radius 3 is 2.48 bits per heavy atom. The maximum atomic E-state index is 12.1. The summed E-state index contributed by atoms with van der Waals surface area (Å²) in [6, 6.07) is 6.37. The van der Waals surface area contributed by atoms with Gasteiger partial charge in [-0.05, 0) is 19.1 Å². The number of ether oxygens (including phenoxy) is 1.